The van der Waals surface area contributed by atoms with Crippen LogP contribution in [0.4, 0.5) is 4.79 Å². The summed E-state index contributed by atoms with van der Waals surface area (Å²) in [5.41, 5.74) is 0.548. The number of carbonyl (C=O) groups is 2. The van der Waals surface area contributed by atoms with Crippen molar-refractivity contribution in [3.63, 3.8) is 0 Å². The molecular formula is C20H27NO4. The zero-order valence-electron chi connectivity index (χ0n) is 15.2. The number of hydrogen-bond acceptors (Lipinski definition) is 4. The third-order valence-electron chi connectivity index (χ3n) is 4.84. The minimum atomic E-state index is -0.437. The smallest absolute Gasteiger partial charge is 0.410 e. The molecule has 2 aliphatic rings. The van der Waals surface area contributed by atoms with E-state index in [1.54, 1.807) is 4.90 Å². The topological polar surface area (TPSA) is 55.8 Å². The van der Waals surface area contributed by atoms with E-state index in [1.165, 1.54) is 0 Å². The van der Waals surface area contributed by atoms with Crippen LogP contribution in [0.1, 0.15) is 39.2 Å². The van der Waals surface area contributed by atoms with E-state index in [-0.39, 0.29) is 18.0 Å². The molecule has 136 valence electrons. The number of likely N-dealkylation sites (tertiary alicyclic amines) is 1. The summed E-state index contributed by atoms with van der Waals surface area (Å²) in [7, 11) is 0. The summed E-state index contributed by atoms with van der Waals surface area (Å²) in [6.45, 7) is 7.35. The van der Waals surface area contributed by atoms with E-state index in [1.807, 2.05) is 51.1 Å². The van der Waals surface area contributed by atoms with Crippen molar-refractivity contribution in [2.45, 2.75) is 45.8 Å². The molecule has 1 saturated carbocycles. The molecule has 3 rings (SSSR count). The zero-order chi connectivity index (χ0) is 18.0. The van der Waals surface area contributed by atoms with E-state index in [2.05, 4.69) is 0 Å². The first-order valence-electron chi connectivity index (χ1n) is 9.02. The summed E-state index contributed by atoms with van der Waals surface area (Å²) in [5, 5.41) is 0. The van der Waals surface area contributed by atoms with Crippen LogP contribution >= 0.6 is 0 Å². The maximum Gasteiger partial charge on any atom is 0.410 e. The quantitative estimate of drug-likeness (QED) is 0.782. The van der Waals surface area contributed by atoms with Gasteiger partial charge in [0, 0.05) is 13.1 Å². The number of hydrogen-bond donors (Lipinski definition) is 0. The van der Waals surface area contributed by atoms with Gasteiger partial charge in [-0.15, -0.1) is 0 Å². The molecule has 3 atom stereocenters. The summed E-state index contributed by atoms with van der Waals surface area (Å²) < 4.78 is 10.9. The van der Waals surface area contributed by atoms with E-state index >= 15 is 0 Å². The number of benzene rings is 1. The first kappa shape index (κ1) is 17.8. The predicted molar refractivity (Wildman–Crippen MR) is 93.7 cm³/mol. The highest BCUT2D eigenvalue weighted by Crippen LogP contribution is 2.48. The molecule has 1 amide bonds. The van der Waals surface area contributed by atoms with Crippen molar-refractivity contribution in [1.29, 1.82) is 0 Å². The Balaban J connectivity index is 1.43. The molecule has 1 unspecified atom stereocenters. The van der Waals surface area contributed by atoms with Gasteiger partial charge < -0.3 is 14.4 Å². The lowest BCUT2D eigenvalue weighted by molar-refractivity contribution is -0.157. The van der Waals surface area contributed by atoms with Crippen molar-refractivity contribution in [3.05, 3.63) is 35.9 Å². The fourth-order valence-corrected chi connectivity index (χ4v) is 3.50. The van der Waals surface area contributed by atoms with Crippen molar-refractivity contribution in [1.82, 2.24) is 4.90 Å². The summed E-state index contributed by atoms with van der Waals surface area (Å²) >= 11 is 0. The molecule has 2 fully saturated rings. The Labute approximate surface area is 149 Å². The average Bonchev–Trinajstić information content (AvgIpc) is 3.21. The number of amides is 1. The highest BCUT2D eigenvalue weighted by molar-refractivity contribution is 5.76. The van der Waals surface area contributed by atoms with Gasteiger partial charge in [-0.3, -0.25) is 4.79 Å². The van der Waals surface area contributed by atoms with Crippen LogP contribution in [0.15, 0.2) is 30.3 Å². The Morgan fingerprint density at radius 2 is 1.92 bits per heavy atom. The van der Waals surface area contributed by atoms with Gasteiger partial charge in [0.25, 0.3) is 0 Å². The van der Waals surface area contributed by atoms with Gasteiger partial charge in [0.2, 0.25) is 0 Å². The molecule has 5 nitrogen and oxygen atoms in total. The highest BCUT2D eigenvalue weighted by atomic mass is 16.6. The van der Waals surface area contributed by atoms with Crippen LogP contribution < -0.4 is 0 Å². The molecule has 1 aliphatic carbocycles. The summed E-state index contributed by atoms with van der Waals surface area (Å²) in [6.07, 6.45) is 1.55. The summed E-state index contributed by atoms with van der Waals surface area (Å²) in [5.74, 6) is 0.635. The molecule has 0 spiro atoms. The van der Waals surface area contributed by atoms with Gasteiger partial charge in [0.1, 0.15) is 12.2 Å². The normalized spacial score (nSPS) is 25.6. The van der Waals surface area contributed by atoms with Crippen LogP contribution in [-0.2, 0) is 20.9 Å². The van der Waals surface area contributed by atoms with Crippen molar-refractivity contribution in [2.24, 2.45) is 17.8 Å². The first-order chi connectivity index (χ1) is 11.8. The number of rotatable bonds is 4. The monoisotopic (exact) mass is 345 g/mol. The lowest BCUT2D eigenvalue weighted by atomic mass is 10.0. The minimum absolute atomic E-state index is 0.00418. The largest absolute Gasteiger partial charge is 0.460 e. The Morgan fingerprint density at radius 1 is 1.20 bits per heavy atom. The van der Waals surface area contributed by atoms with Crippen LogP contribution in [0.3, 0.4) is 0 Å². The van der Waals surface area contributed by atoms with Crippen molar-refractivity contribution < 1.29 is 19.1 Å². The molecule has 0 bridgehead atoms. The van der Waals surface area contributed by atoms with E-state index in [4.69, 9.17) is 9.47 Å². The maximum absolute atomic E-state index is 12.2. The Kier molecular flexibility index (Phi) is 5.02. The number of nitrogens with zero attached hydrogens (tertiary/aromatic N) is 1. The zero-order valence-corrected chi connectivity index (χ0v) is 15.2. The minimum Gasteiger partial charge on any atom is -0.460 e. The van der Waals surface area contributed by atoms with E-state index in [9.17, 15) is 9.59 Å². The van der Waals surface area contributed by atoms with E-state index in [0.717, 1.165) is 18.4 Å². The van der Waals surface area contributed by atoms with Crippen molar-refractivity contribution in [3.8, 4) is 0 Å². The first-order valence-corrected chi connectivity index (χ1v) is 9.02. The number of ether oxygens (including phenoxy) is 2. The molecular weight excluding hydrogens is 318 g/mol. The van der Waals surface area contributed by atoms with E-state index < -0.39 is 5.60 Å². The molecule has 1 aromatic carbocycles. The van der Waals surface area contributed by atoms with Crippen LogP contribution in [0.2, 0.25) is 0 Å². The van der Waals surface area contributed by atoms with Gasteiger partial charge in [0.05, 0.1) is 5.92 Å². The van der Waals surface area contributed by atoms with Crippen LogP contribution in [-0.4, -0.2) is 35.7 Å². The molecule has 5 heteroatoms. The fraction of sp³-hybridized carbons (Fsp3) is 0.600. The van der Waals surface area contributed by atoms with Crippen molar-refractivity contribution in [2.75, 3.05) is 13.1 Å². The molecule has 1 saturated heterocycles. The Morgan fingerprint density at radius 3 is 2.60 bits per heavy atom. The second kappa shape index (κ2) is 7.06. The number of esters is 1. The van der Waals surface area contributed by atoms with E-state index in [0.29, 0.717) is 31.5 Å². The van der Waals surface area contributed by atoms with Gasteiger partial charge >= 0.3 is 12.1 Å². The molecule has 0 N–H and O–H groups in total. The lowest BCUT2D eigenvalue weighted by Gasteiger charge is -2.20. The van der Waals surface area contributed by atoms with Crippen LogP contribution in [0, 0.1) is 17.8 Å². The second-order valence-corrected chi connectivity index (χ2v) is 8.07. The third kappa shape index (κ3) is 4.74. The molecule has 0 aromatic heterocycles. The predicted octanol–water partition coefficient (Wildman–Crippen LogP) is 3.62. The fourth-order valence-electron chi connectivity index (χ4n) is 3.50. The van der Waals surface area contributed by atoms with Crippen LogP contribution in [0.5, 0.6) is 0 Å². The lowest BCUT2D eigenvalue weighted by Crippen LogP contribution is -2.30. The molecule has 1 aliphatic heterocycles. The third-order valence-corrected chi connectivity index (χ3v) is 4.84. The molecule has 0 radical (unpaired) electrons. The standard InChI is InChI=1S/C20H27NO4/c1-20(2,3)25-18(22)17-11-16(17)15-9-10-21(12-15)19(23)24-13-14-7-5-4-6-8-14/h4-8,15-17H,9-13H2,1-3H3/t15?,16-,17-/m0/s1. The Bertz CT molecular complexity index is 622. The maximum atomic E-state index is 12.2. The SMILES string of the molecule is CC(C)(C)OC(=O)[C@H]1C[C@H]1C1CCN(C(=O)OCc2ccccc2)C1. The molecule has 1 aromatic rings. The van der Waals surface area contributed by atoms with Gasteiger partial charge in [-0.05, 0) is 51.0 Å². The Hall–Kier alpha value is -2.04. The van der Waals surface area contributed by atoms with Gasteiger partial charge in [-0.2, -0.15) is 0 Å². The van der Waals surface area contributed by atoms with Crippen molar-refractivity contribution >= 4 is 12.1 Å². The summed E-state index contributed by atoms with van der Waals surface area (Å²) in [6, 6.07) is 9.68. The average molecular weight is 345 g/mol. The summed E-state index contributed by atoms with van der Waals surface area (Å²) in [4.78, 5) is 26.1. The molecule has 25 heavy (non-hydrogen) atoms. The van der Waals surface area contributed by atoms with Crippen LogP contribution in [0.25, 0.3) is 0 Å². The highest BCUT2D eigenvalue weighted by Gasteiger charge is 2.51. The number of carbonyl (C=O) groups excluding carboxylic acids is 2. The van der Waals surface area contributed by atoms with Gasteiger partial charge in [0.15, 0.2) is 0 Å². The molecule has 1 heterocycles. The second-order valence-electron chi connectivity index (χ2n) is 8.07. The van der Waals surface area contributed by atoms with Gasteiger partial charge in [-0.1, -0.05) is 30.3 Å². The van der Waals surface area contributed by atoms with Gasteiger partial charge in [-0.25, -0.2) is 4.79 Å².